The molecule has 0 amide bonds. The summed E-state index contributed by atoms with van der Waals surface area (Å²) >= 11 is 0. The number of aliphatic hydroxyl groups excluding tert-OH is 1. The summed E-state index contributed by atoms with van der Waals surface area (Å²) in [5.41, 5.74) is -0.212. The van der Waals surface area contributed by atoms with Crippen LogP contribution in [0.4, 0.5) is 0 Å². The number of aliphatic hydroxyl groups is 1. The fourth-order valence-corrected chi connectivity index (χ4v) is 4.30. The van der Waals surface area contributed by atoms with Gasteiger partial charge in [-0.05, 0) is 44.4 Å². The Bertz CT molecular complexity index is 244. The summed E-state index contributed by atoms with van der Waals surface area (Å²) in [5.74, 6) is 1.38. The first kappa shape index (κ1) is 15.3. The molecule has 2 nitrogen and oxygen atoms in total. The van der Waals surface area contributed by atoms with Gasteiger partial charge in [-0.2, -0.15) is 0 Å². The first-order chi connectivity index (χ1) is 9.22. The minimum absolute atomic E-state index is 0.212. The van der Waals surface area contributed by atoms with Crippen LogP contribution in [0, 0.1) is 11.8 Å². The SMILES string of the molecule is CCOC1(C(O)C2CCC(CC)CC2)CCCCC1. The van der Waals surface area contributed by atoms with Crippen LogP contribution in [0.3, 0.4) is 0 Å². The Kier molecular flexibility index (Phi) is 5.70. The maximum absolute atomic E-state index is 10.9. The van der Waals surface area contributed by atoms with E-state index in [0.717, 1.165) is 25.4 Å². The summed E-state index contributed by atoms with van der Waals surface area (Å²) in [5, 5.41) is 10.9. The maximum Gasteiger partial charge on any atom is 0.0942 e. The van der Waals surface area contributed by atoms with Crippen molar-refractivity contribution in [2.24, 2.45) is 11.8 Å². The number of rotatable bonds is 5. The molecule has 1 unspecified atom stereocenters. The van der Waals surface area contributed by atoms with Gasteiger partial charge in [-0.1, -0.05) is 45.4 Å². The lowest BCUT2D eigenvalue weighted by Crippen LogP contribution is -2.50. The van der Waals surface area contributed by atoms with E-state index in [0.29, 0.717) is 5.92 Å². The second kappa shape index (κ2) is 7.08. The van der Waals surface area contributed by atoms with Crippen LogP contribution in [0.15, 0.2) is 0 Å². The lowest BCUT2D eigenvalue weighted by Gasteiger charge is -2.45. The third kappa shape index (κ3) is 3.52. The normalized spacial score (nSPS) is 33.0. The van der Waals surface area contributed by atoms with Gasteiger partial charge in [0.05, 0.1) is 11.7 Å². The van der Waals surface area contributed by atoms with Crippen LogP contribution in [0.1, 0.15) is 78.1 Å². The fraction of sp³-hybridized carbons (Fsp3) is 1.00. The van der Waals surface area contributed by atoms with E-state index >= 15 is 0 Å². The molecule has 2 heteroatoms. The molecule has 0 aromatic rings. The molecule has 2 saturated carbocycles. The molecule has 0 aliphatic heterocycles. The zero-order chi connectivity index (χ0) is 13.7. The molecule has 0 spiro atoms. The van der Waals surface area contributed by atoms with Crippen LogP contribution in [-0.4, -0.2) is 23.4 Å². The van der Waals surface area contributed by atoms with Gasteiger partial charge < -0.3 is 9.84 Å². The van der Waals surface area contributed by atoms with Crippen LogP contribution in [0.25, 0.3) is 0 Å². The van der Waals surface area contributed by atoms with Gasteiger partial charge in [-0.15, -0.1) is 0 Å². The van der Waals surface area contributed by atoms with Gasteiger partial charge in [0.2, 0.25) is 0 Å². The van der Waals surface area contributed by atoms with Crippen molar-refractivity contribution in [2.75, 3.05) is 6.61 Å². The Morgan fingerprint density at radius 1 is 1.05 bits per heavy atom. The predicted octanol–water partition coefficient (Wildman–Crippen LogP) is 4.30. The van der Waals surface area contributed by atoms with E-state index in [4.69, 9.17) is 4.74 Å². The lowest BCUT2D eigenvalue weighted by molar-refractivity contribution is -0.161. The molecule has 0 aromatic heterocycles. The van der Waals surface area contributed by atoms with Crippen molar-refractivity contribution in [3.63, 3.8) is 0 Å². The van der Waals surface area contributed by atoms with Crippen molar-refractivity contribution in [1.29, 1.82) is 0 Å². The summed E-state index contributed by atoms with van der Waals surface area (Å²) in [4.78, 5) is 0. The van der Waals surface area contributed by atoms with Crippen LogP contribution < -0.4 is 0 Å². The predicted molar refractivity (Wildman–Crippen MR) is 79.2 cm³/mol. The standard InChI is InChI=1S/C17H32O2/c1-3-14-8-10-15(11-9-14)16(18)17(19-4-2)12-6-5-7-13-17/h14-16,18H,3-13H2,1-2H3. The molecule has 2 fully saturated rings. The van der Waals surface area contributed by atoms with Gasteiger partial charge in [-0.3, -0.25) is 0 Å². The third-order valence-electron chi connectivity index (χ3n) is 5.59. The average Bonchev–Trinajstić information content (AvgIpc) is 2.48. The van der Waals surface area contributed by atoms with Gasteiger partial charge >= 0.3 is 0 Å². The smallest absolute Gasteiger partial charge is 0.0942 e. The van der Waals surface area contributed by atoms with Crippen molar-refractivity contribution in [2.45, 2.75) is 89.8 Å². The van der Waals surface area contributed by atoms with Crippen molar-refractivity contribution in [1.82, 2.24) is 0 Å². The minimum atomic E-state index is -0.231. The van der Waals surface area contributed by atoms with Crippen LogP contribution >= 0.6 is 0 Å². The van der Waals surface area contributed by atoms with Crippen molar-refractivity contribution < 1.29 is 9.84 Å². The average molecular weight is 268 g/mol. The molecule has 2 aliphatic rings. The van der Waals surface area contributed by atoms with Crippen LogP contribution in [-0.2, 0) is 4.74 Å². The lowest BCUT2D eigenvalue weighted by atomic mass is 9.70. The second-order valence-corrected chi connectivity index (χ2v) is 6.69. The molecule has 0 heterocycles. The Balaban J connectivity index is 1.97. The van der Waals surface area contributed by atoms with Gasteiger partial charge in [0.1, 0.15) is 0 Å². The topological polar surface area (TPSA) is 29.5 Å². The van der Waals surface area contributed by atoms with E-state index in [1.807, 2.05) is 0 Å². The maximum atomic E-state index is 10.9. The summed E-state index contributed by atoms with van der Waals surface area (Å²) < 4.78 is 6.09. The van der Waals surface area contributed by atoms with Gasteiger partial charge in [0.15, 0.2) is 0 Å². The monoisotopic (exact) mass is 268 g/mol. The Morgan fingerprint density at radius 3 is 2.21 bits per heavy atom. The molecule has 112 valence electrons. The van der Waals surface area contributed by atoms with E-state index in [1.54, 1.807) is 0 Å². The van der Waals surface area contributed by atoms with Gasteiger partial charge in [0.25, 0.3) is 0 Å². The van der Waals surface area contributed by atoms with E-state index in [9.17, 15) is 5.11 Å². The van der Waals surface area contributed by atoms with E-state index in [1.165, 1.54) is 51.4 Å². The summed E-state index contributed by atoms with van der Waals surface area (Å²) in [6, 6.07) is 0. The first-order valence-corrected chi connectivity index (χ1v) is 8.54. The molecule has 0 radical (unpaired) electrons. The zero-order valence-corrected chi connectivity index (χ0v) is 12.9. The molecule has 19 heavy (non-hydrogen) atoms. The second-order valence-electron chi connectivity index (χ2n) is 6.69. The summed E-state index contributed by atoms with van der Waals surface area (Å²) in [7, 11) is 0. The highest BCUT2D eigenvalue weighted by molar-refractivity contribution is 4.95. The van der Waals surface area contributed by atoms with E-state index in [-0.39, 0.29) is 11.7 Å². The van der Waals surface area contributed by atoms with Crippen LogP contribution in [0.5, 0.6) is 0 Å². The number of hydrogen-bond acceptors (Lipinski definition) is 2. The molecule has 0 aromatic carbocycles. The molecular formula is C17H32O2. The zero-order valence-electron chi connectivity index (χ0n) is 12.9. The molecule has 0 bridgehead atoms. The molecular weight excluding hydrogens is 236 g/mol. The first-order valence-electron chi connectivity index (χ1n) is 8.54. The highest BCUT2D eigenvalue weighted by atomic mass is 16.5. The van der Waals surface area contributed by atoms with Gasteiger partial charge in [0, 0.05) is 6.61 Å². The van der Waals surface area contributed by atoms with Crippen molar-refractivity contribution >= 4 is 0 Å². The van der Waals surface area contributed by atoms with Crippen molar-refractivity contribution in [3.8, 4) is 0 Å². The third-order valence-corrected chi connectivity index (χ3v) is 5.59. The highest BCUT2D eigenvalue weighted by Gasteiger charge is 2.44. The Morgan fingerprint density at radius 2 is 1.68 bits per heavy atom. The summed E-state index contributed by atoms with van der Waals surface area (Å²) in [6.45, 7) is 5.10. The number of hydrogen-bond donors (Lipinski definition) is 1. The fourth-order valence-electron chi connectivity index (χ4n) is 4.30. The Labute approximate surface area is 118 Å². The Hall–Kier alpha value is -0.0800. The van der Waals surface area contributed by atoms with Crippen molar-refractivity contribution in [3.05, 3.63) is 0 Å². The molecule has 0 saturated heterocycles. The van der Waals surface area contributed by atoms with E-state index < -0.39 is 0 Å². The van der Waals surface area contributed by atoms with Gasteiger partial charge in [-0.25, -0.2) is 0 Å². The highest BCUT2D eigenvalue weighted by Crippen LogP contribution is 2.42. The number of ether oxygens (including phenoxy) is 1. The molecule has 2 aliphatic carbocycles. The minimum Gasteiger partial charge on any atom is -0.390 e. The van der Waals surface area contributed by atoms with Crippen LogP contribution in [0.2, 0.25) is 0 Å². The molecule has 2 rings (SSSR count). The quantitative estimate of drug-likeness (QED) is 0.805. The molecule has 1 atom stereocenters. The van der Waals surface area contributed by atoms with E-state index in [2.05, 4.69) is 13.8 Å². The summed E-state index contributed by atoms with van der Waals surface area (Å²) in [6.07, 6.45) is 12.0. The largest absolute Gasteiger partial charge is 0.390 e. The molecule has 1 N–H and O–H groups in total.